The molecule has 0 aliphatic carbocycles. The summed E-state index contributed by atoms with van der Waals surface area (Å²) in [5.74, 6) is 3.24. The summed E-state index contributed by atoms with van der Waals surface area (Å²) in [6.07, 6.45) is 2.36. The molecule has 184 valence electrons. The third kappa shape index (κ3) is 6.16. The third-order valence-corrected chi connectivity index (χ3v) is 5.90. The molecular formula is C26H27BrN2O6. The van der Waals surface area contributed by atoms with Crippen LogP contribution in [-0.2, 0) is 36.2 Å². The van der Waals surface area contributed by atoms with Crippen molar-refractivity contribution in [2.75, 3.05) is 13.7 Å². The molecular weight excluding hydrogens is 516 g/mol. The Morgan fingerprint density at radius 1 is 1.09 bits per heavy atom. The van der Waals surface area contributed by atoms with Crippen molar-refractivity contribution in [2.24, 2.45) is 7.05 Å². The zero-order valence-corrected chi connectivity index (χ0v) is 21.5. The molecule has 0 saturated carbocycles. The summed E-state index contributed by atoms with van der Waals surface area (Å²) in [5, 5.41) is 0. The predicted octanol–water partition coefficient (Wildman–Crippen LogP) is 5.59. The van der Waals surface area contributed by atoms with Gasteiger partial charge in [-0.05, 0) is 59.1 Å². The van der Waals surface area contributed by atoms with Gasteiger partial charge in [-0.3, -0.25) is 4.79 Å². The van der Waals surface area contributed by atoms with Crippen LogP contribution in [0.4, 0.5) is 0 Å². The van der Waals surface area contributed by atoms with E-state index in [0.717, 1.165) is 32.6 Å². The van der Waals surface area contributed by atoms with Crippen LogP contribution in [-0.4, -0.2) is 29.2 Å². The zero-order valence-electron chi connectivity index (χ0n) is 19.9. The number of aromatic nitrogens is 2. The summed E-state index contributed by atoms with van der Waals surface area (Å²) in [6.45, 7) is 2.67. The molecule has 4 aromatic rings. The summed E-state index contributed by atoms with van der Waals surface area (Å²) >= 11 is 3.37. The SMILES string of the molecule is CCOC(=O)CCc1ccc(OCc2nc3ccc(OC)cc3n2C)cc1OCc1cc(Br)co1. The molecule has 0 atom stereocenters. The maximum atomic E-state index is 11.9. The molecule has 35 heavy (non-hydrogen) atoms. The molecule has 0 amide bonds. The molecule has 0 spiro atoms. The Kier molecular flexibility index (Phi) is 7.97. The van der Waals surface area contributed by atoms with Gasteiger partial charge in [0.1, 0.15) is 48.3 Å². The standard InChI is InChI=1S/C26H27BrN2O6/c1-4-32-26(30)10-6-17-5-7-20(13-24(17)35-15-21-11-18(27)14-33-21)34-16-25-28-22-9-8-19(31-3)12-23(22)29(25)2/h5,7-9,11-14H,4,6,10,15-16H2,1-3H3. The first-order valence-corrected chi connectivity index (χ1v) is 12.0. The van der Waals surface area contributed by atoms with Crippen LogP contribution >= 0.6 is 15.9 Å². The molecule has 9 heteroatoms. The van der Waals surface area contributed by atoms with E-state index in [-0.39, 0.29) is 25.6 Å². The number of rotatable bonds is 11. The molecule has 2 aromatic carbocycles. The van der Waals surface area contributed by atoms with Crippen LogP contribution in [0.3, 0.4) is 0 Å². The molecule has 0 saturated heterocycles. The van der Waals surface area contributed by atoms with Crippen LogP contribution in [0.2, 0.25) is 0 Å². The number of fused-ring (bicyclic) bond motifs is 1. The summed E-state index contributed by atoms with van der Waals surface area (Å²) in [5.41, 5.74) is 2.71. The van der Waals surface area contributed by atoms with E-state index in [2.05, 4.69) is 20.9 Å². The molecule has 0 unspecified atom stereocenters. The second-order valence-corrected chi connectivity index (χ2v) is 8.74. The van der Waals surface area contributed by atoms with E-state index >= 15 is 0 Å². The lowest BCUT2D eigenvalue weighted by Gasteiger charge is -2.13. The maximum Gasteiger partial charge on any atom is 0.306 e. The van der Waals surface area contributed by atoms with Gasteiger partial charge in [0.25, 0.3) is 0 Å². The minimum atomic E-state index is -0.243. The van der Waals surface area contributed by atoms with E-state index in [1.165, 1.54) is 0 Å². The topological polar surface area (TPSA) is 85.0 Å². The Labute approximate surface area is 211 Å². The van der Waals surface area contributed by atoms with Crippen molar-refractivity contribution >= 4 is 32.9 Å². The number of aryl methyl sites for hydroxylation is 2. The van der Waals surface area contributed by atoms with E-state index in [1.54, 1.807) is 20.3 Å². The van der Waals surface area contributed by atoms with Crippen LogP contribution in [0.1, 0.15) is 30.5 Å². The maximum absolute atomic E-state index is 11.9. The number of carbonyl (C=O) groups excluding carboxylic acids is 1. The Morgan fingerprint density at radius 3 is 2.66 bits per heavy atom. The summed E-state index contributed by atoms with van der Waals surface area (Å²) in [4.78, 5) is 16.5. The second-order valence-electron chi connectivity index (χ2n) is 7.82. The number of furan rings is 1. The van der Waals surface area contributed by atoms with Crippen LogP contribution in [0, 0.1) is 0 Å². The van der Waals surface area contributed by atoms with E-state index in [1.807, 2.05) is 54.1 Å². The number of benzene rings is 2. The first-order chi connectivity index (χ1) is 17.0. The number of hydrogen-bond acceptors (Lipinski definition) is 7. The van der Waals surface area contributed by atoms with Crippen LogP contribution in [0.25, 0.3) is 11.0 Å². The number of imidazole rings is 1. The number of ether oxygens (including phenoxy) is 4. The van der Waals surface area contributed by atoms with Gasteiger partial charge in [-0.2, -0.15) is 0 Å². The first-order valence-electron chi connectivity index (χ1n) is 11.2. The van der Waals surface area contributed by atoms with Gasteiger partial charge in [-0.1, -0.05) is 6.07 Å². The van der Waals surface area contributed by atoms with Gasteiger partial charge < -0.3 is 27.9 Å². The van der Waals surface area contributed by atoms with Crippen LogP contribution in [0.5, 0.6) is 17.2 Å². The van der Waals surface area contributed by atoms with Crippen molar-refractivity contribution in [1.82, 2.24) is 9.55 Å². The second kappa shape index (κ2) is 11.3. The largest absolute Gasteiger partial charge is 0.497 e. The zero-order chi connectivity index (χ0) is 24.8. The van der Waals surface area contributed by atoms with Gasteiger partial charge in [0, 0.05) is 25.6 Å². The molecule has 0 bridgehead atoms. The highest BCUT2D eigenvalue weighted by molar-refractivity contribution is 9.10. The highest BCUT2D eigenvalue weighted by atomic mass is 79.9. The monoisotopic (exact) mass is 542 g/mol. The molecule has 0 N–H and O–H groups in total. The number of nitrogens with zero attached hydrogens (tertiary/aromatic N) is 2. The Bertz CT molecular complexity index is 1310. The van der Waals surface area contributed by atoms with Gasteiger partial charge in [-0.15, -0.1) is 0 Å². The Morgan fingerprint density at radius 2 is 1.91 bits per heavy atom. The van der Waals surface area contributed by atoms with E-state index < -0.39 is 0 Å². The van der Waals surface area contributed by atoms with Crippen LogP contribution < -0.4 is 14.2 Å². The van der Waals surface area contributed by atoms with Gasteiger partial charge in [-0.25, -0.2) is 4.98 Å². The molecule has 0 radical (unpaired) electrons. The predicted molar refractivity (Wildman–Crippen MR) is 134 cm³/mol. The number of esters is 1. The normalized spacial score (nSPS) is 11.0. The number of carbonyl (C=O) groups is 1. The first kappa shape index (κ1) is 24.7. The fraction of sp³-hybridized carbons (Fsp3) is 0.308. The minimum Gasteiger partial charge on any atom is -0.497 e. The van der Waals surface area contributed by atoms with E-state index in [4.69, 9.17) is 23.4 Å². The lowest BCUT2D eigenvalue weighted by Crippen LogP contribution is -2.07. The van der Waals surface area contributed by atoms with Gasteiger partial charge in [0.05, 0.1) is 29.2 Å². The van der Waals surface area contributed by atoms with Crippen molar-refractivity contribution in [3.8, 4) is 17.2 Å². The fourth-order valence-electron chi connectivity index (χ4n) is 3.64. The number of halogens is 1. The lowest BCUT2D eigenvalue weighted by atomic mass is 10.1. The lowest BCUT2D eigenvalue weighted by molar-refractivity contribution is -0.143. The van der Waals surface area contributed by atoms with Crippen molar-refractivity contribution in [2.45, 2.75) is 33.0 Å². The molecule has 0 aliphatic heterocycles. The highest BCUT2D eigenvalue weighted by Crippen LogP contribution is 2.29. The molecule has 4 rings (SSSR count). The Hall–Kier alpha value is -3.46. The smallest absolute Gasteiger partial charge is 0.306 e. The quantitative estimate of drug-likeness (QED) is 0.228. The number of hydrogen-bond donors (Lipinski definition) is 0. The summed E-state index contributed by atoms with van der Waals surface area (Å²) in [7, 11) is 3.59. The van der Waals surface area contributed by atoms with Crippen LogP contribution in [0.15, 0.2) is 57.6 Å². The summed E-state index contributed by atoms with van der Waals surface area (Å²) < 4.78 is 30.8. The van der Waals surface area contributed by atoms with Gasteiger partial charge in [0.15, 0.2) is 0 Å². The van der Waals surface area contributed by atoms with Crippen molar-refractivity contribution in [3.05, 3.63) is 70.3 Å². The summed E-state index contributed by atoms with van der Waals surface area (Å²) in [6, 6.07) is 13.2. The van der Waals surface area contributed by atoms with Crippen molar-refractivity contribution < 1.29 is 28.2 Å². The molecule has 2 heterocycles. The third-order valence-electron chi connectivity index (χ3n) is 5.48. The molecule has 8 nitrogen and oxygen atoms in total. The van der Waals surface area contributed by atoms with E-state index in [0.29, 0.717) is 30.3 Å². The van der Waals surface area contributed by atoms with Crippen molar-refractivity contribution in [3.63, 3.8) is 0 Å². The molecule has 2 aromatic heterocycles. The number of methoxy groups -OCH3 is 1. The van der Waals surface area contributed by atoms with Crippen molar-refractivity contribution in [1.29, 1.82) is 0 Å². The molecule has 0 fully saturated rings. The average molecular weight is 543 g/mol. The average Bonchev–Trinajstić information content (AvgIpc) is 3.42. The molecule has 0 aliphatic rings. The highest BCUT2D eigenvalue weighted by Gasteiger charge is 2.13. The van der Waals surface area contributed by atoms with Gasteiger partial charge in [0.2, 0.25) is 0 Å². The minimum absolute atomic E-state index is 0.243. The fourth-order valence-corrected chi connectivity index (χ4v) is 3.99. The Balaban J connectivity index is 1.50. The van der Waals surface area contributed by atoms with E-state index in [9.17, 15) is 4.79 Å². The van der Waals surface area contributed by atoms with Gasteiger partial charge >= 0.3 is 5.97 Å².